The number of aromatic hydroxyl groups is 1. The summed E-state index contributed by atoms with van der Waals surface area (Å²) in [6, 6.07) is 12.6. The van der Waals surface area contributed by atoms with Crippen LogP contribution in [0.5, 0.6) is 17.2 Å². The zero-order valence-electron chi connectivity index (χ0n) is 22.4. The van der Waals surface area contributed by atoms with E-state index in [1.54, 1.807) is 31.4 Å². The van der Waals surface area contributed by atoms with Gasteiger partial charge in [-0.05, 0) is 105 Å². The standard InChI is InChI=1S/C14H12O4.C14H24O.C3H8/c1-17-12-6-8-13(9-7-12)18-14(16)10-2-4-11(15)5-3-10;1-11-2-6-13(7-3-11)14-8-4-12(10-15)5-9-14;1-3-2/h2-9,15H,1H3;10-14H,2-9H2,1H3;3H2,1-2H3. The van der Waals surface area contributed by atoms with Gasteiger partial charge in [0.25, 0.3) is 0 Å². The number of methoxy groups -OCH3 is 1. The largest absolute Gasteiger partial charge is 0.508 e. The Labute approximate surface area is 217 Å². The molecule has 4 rings (SSSR count). The maximum Gasteiger partial charge on any atom is 0.343 e. The van der Waals surface area contributed by atoms with Crippen molar-refractivity contribution in [3.05, 3.63) is 54.1 Å². The summed E-state index contributed by atoms with van der Waals surface area (Å²) in [6.07, 6.45) is 13.2. The average molecular weight is 497 g/mol. The Morgan fingerprint density at radius 1 is 0.833 bits per heavy atom. The number of carbonyl (C=O) groups excluding carboxylic acids is 2. The van der Waals surface area contributed by atoms with Crippen LogP contribution in [-0.4, -0.2) is 24.5 Å². The number of benzene rings is 2. The number of carbonyl (C=O) groups is 2. The van der Waals surface area contributed by atoms with Gasteiger partial charge in [0, 0.05) is 5.92 Å². The summed E-state index contributed by atoms with van der Waals surface area (Å²) in [5.74, 6) is 4.07. The highest BCUT2D eigenvalue weighted by atomic mass is 16.5. The summed E-state index contributed by atoms with van der Waals surface area (Å²) in [4.78, 5) is 22.4. The zero-order chi connectivity index (χ0) is 26.3. The van der Waals surface area contributed by atoms with Crippen LogP contribution < -0.4 is 9.47 Å². The normalized spacial score (nSPS) is 23.1. The van der Waals surface area contributed by atoms with Gasteiger partial charge in [-0.25, -0.2) is 4.79 Å². The lowest BCUT2D eigenvalue weighted by molar-refractivity contribution is -0.112. The van der Waals surface area contributed by atoms with Crippen molar-refractivity contribution < 1.29 is 24.2 Å². The van der Waals surface area contributed by atoms with E-state index in [2.05, 4.69) is 20.8 Å². The van der Waals surface area contributed by atoms with Gasteiger partial charge in [-0.15, -0.1) is 0 Å². The molecule has 0 spiro atoms. The quantitative estimate of drug-likeness (QED) is 0.259. The fourth-order valence-corrected chi connectivity index (χ4v) is 4.92. The maximum atomic E-state index is 11.7. The lowest BCUT2D eigenvalue weighted by Gasteiger charge is -2.36. The highest BCUT2D eigenvalue weighted by molar-refractivity contribution is 5.91. The van der Waals surface area contributed by atoms with Crippen LogP contribution in [-0.2, 0) is 4.79 Å². The van der Waals surface area contributed by atoms with Crippen LogP contribution in [0.4, 0.5) is 0 Å². The fraction of sp³-hybridized carbons (Fsp3) is 0.548. The molecule has 0 radical (unpaired) electrons. The Hall–Kier alpha value is -2.82. The van der Waals surface area contributed by atoms with Gasteiger partial charge >= 0.3 is 5.97 Å². The van der Waals surface area contributed by atoms with Gasteiger partial charge in [0.1, 0.15) is 23.5 Å². The summed E-state index contributed by atoms with van der Waals surface area (Å²) in [5, 5.41) is 9.12. The molecule has 5 heteroatoms. The van der Waals surface area contributed by atoms with Crippen molar-refractivity contribution in [1.82, 2.24) is 0 Å². The van der Waals surface area contributed by atoms with Crippen molar-refractivity contribution in [3.63, 3.8) is 0 Å². The molecule has 5 nitrogen and oxygen atoms in total. The van der Waals surface area contributed by atoms with E-state index >= 15 is 0 Å². The minimum Gasteiger partial charge on any atom is -0.508 e. The molecular weight excluding hydrogens is 452 g/mol. The molecule has 0 saturated heterocycles. The number of hydrogen-bond acceptors (Lipinski definition) is 5. The minimum atomic E-state index is -0.472. The van der Waals surface area contributed by atoms with Gasteiger partial charge in [-0.2, -0.15) is 0 Å². The van der Waals surface area contributed by atoms with Gasteiger partial charge in [0.2, 0.25) is 0 Å². The van der Waals surface area contributed by atoms with E-state index in [1.807, 2.05) is 0 Å². The summed E-state index contributed by atoms with van der Waals surface area (Å²) in [6.45, 7) is 6.64. The van der Waals surface area contributed by atoms with Crippen molar-refractivity contribution >= 4 is 12.3 Å². The first-order chi connectivity index (χ1) is 17.4. The molecule has 2 fully saturated rings. The third-order valence-corrected chi connectivity index (χ3v) is 7.11. The molecule has 1 N–H and O–H groups in total. The summed E-state index contributed by atoms with van der Waals surface area (Å²) in [7, 11) is 1.57. The van der Waals surface area contributed by atoms with Gasteiger partial charge < -0.3 is 19.4 Å². The van der Waals surface area contributed by atoms with Crippen LogP contribution in [0.3, 0.4) is 0 Å². The molecule has 0 heterocycles. The van der Waals surface area contributed by atoms with Crippen molar-refractivity contribution in [2.75, 3.05) is 7.11 Å². The molecule has 2 aliphatic carbocycles. The second-order valence-electron chi connectivity index (χ2n) is 10.1. The lowest BCUT2D eigenvalue weighted by atomic mass is 9.70. The topological polar surface area (TPSA) is 72.8 Å². The average Bonchev–Trinajstić information content (AvgIpc) is 2.91. The number of phenols is 1. The Balaban J connectivity index is 0.000000232. The van der Waals surface area contributed by atoms with E-state index in [4.69, 9.17) is 14.6 Å². The highest BCUT2D eigenvalue weighted by Crippen LogP contribution is 2.40. The van der Waals surface area contributed by atoms with Gasteiger partial charge in [0.15, 0.2) is 0 Å². The van der Waals surface area contributed by atoms with E-state index < -0.39 is 5.97 Å². The first-order valence-corrected chi connectivity index (χ1v) is 13.5. The second kappa shape index (κ2) is 16.0. The Morgan fingerprint density at radius 2 is 1.31 bits per heavy atom. The second-order valence-corrected chi connectivity index (χ2v) is 10.1. The maximum absolute atomic E-state index is 11.7. The van der Waals surface area contributed by atoms with E-state index in [9.17, 15) is 9.59 Å². The first kappa shape index (κ1) is 29.4. The van der Waals surface area contributed by atoms with E-state index in [0.29, 0.717) is 23.0 Å². The fourth-order valence-electron chi connectivity index (χ4n) is 4.92. The molecule has 0 aromatic heterocycles. The molecule has 2 saturated carbocycles. The Kier molecular flexibility index (Phi) is 13.1. The van der Waals surface area contributed by atoms with Crippen LogP contribution in [0.1, 0.15) is 88.9 Å². The van der Waals surface area contributed by atoms with E-state index in [-0.39, 0.29) is 5.75 Å². The van der Waals surface area contributed by atoms with Crippen molar-refractivity contribution in [3.8, 4) is 17.2 Å². The number of hydrogen-bond donors (Lipinski definition) is 1. The molecule has 0 unspecified atom stereocenters. The molecule has 0 atom stereocenters. The molecular formula is C31H44O5. The molecule has 0 amide bonds. The van der Waals surface area contributed by atoms with Crippen molar-refractivity contribution in [2.24, 2.45) is 23.7 Å². The van der Waals surface area contributed by atoms with Crippen LogP contribution in [0.2, 0.25) is 0 Å². The van der Waals surface area contributed by atoms with Crippen LogP contribution in [0.15, 0.2) is 48.5 Å². The Bertz CT molecular complexity index is 874. The third kappa shape index (κ3) is 10.0. The SMILES string of the molecule is CC1CCC(C2CCC(C=O)CC2)CC1.CCC.COc1ccc(OC(=O)c2ccc(O)cc2)cc1. The summed E-state index contributed by atoms with van der Waals surface area (Å²) in [5.41, 5.74) is 0.378. The molecule has 36 heavy (non-hydrogen) atoms. The smallest absolute Gasteiger partial charge is 0.343 e. The van der Waals surface area contributed by atoms with Crippen molar-refractivity contribution in [1.29, 1.82) is 0 Å². The van der Waals surface area contributed by atoms with Crippen LogP contribution in [0, 0.1) is 23.7 Å². The lowest BCUT2D eigenvalue weighted by Crippen LogP contribution is -2.25. The zero-order valence-corrected chi connectivity index (χ0v) is 22.4. The molecule has 2 aliphatic rings. The van der Waals surface area contributed by atoms with Gasteiger partial charge in [-0.1, -0.05) is 40.0 Å². The molecule has 2 aromatic rings. The van der Waals surface area contributed by atoms with Crippen LogP contribution in [0.25, 0.3) is 0 Å². The minimum absolute atomic E-state index is 0.107. The predicted molar refractivity (Wildman–Crippen MR) is 145 cm³/mol. The van der Waals surface area contributed by atoms with Crippen molar-refractivity contribution in [2.45, 2.75) is 78.6 Å². The summed E-state index contributed by atoms with van der Waals surface area (Å²) >= 11 is 0. The first-order valence-electron chi connectivity index (χ1n) is 13.5. The van der Waals surface area contributed by atoms with E-state index in [1.165, 1.54) is 88.3 Å². The highest BCUT2D eigenvalue weighted by Gasteiger charge is 2.29. The molecule has 0 bridgehead atoms. The number of aldehydes is 1. The van der Waals surface area contributed by atoms with Gasteiger partial charge in [0.05, 0.1) is 12.7 Å². The monoisotopic (exact) mass is 496 g/mol. The molecule has 0 aliphatic heterocycles. The number of ether oxygens (including phenoxy) is 2. The Morgan fingerprint density at radius 3 is 1.78 bits per heavy atom. The molecule has 2 aromatic carbocycles. The van der Waals surface area contributed by atoms with Gasteiger partial charge in [-0.3, -0.25) is 0 Å². The third-order valence-electron chi connectivity index (χ3n) is 7.11. The number of esters is 1. The predicted octanol–water partition coefficient (Wildman–Crippen LogP) is 7.85. The van der Waals surface area contributed by atoms with Crippen LogP contribution >= 0.6 is 0 Å². The number of rotatable bonds is 5. The summed E-state index contributed by atoms with van der Waals surface area (Å²) < 4.78 is 10.2. The van der Waals surface area contributed by atoms with E-state index in [0.717, 1.165) is 17.8 Å². The molecule has 198 valence electrons. The number of phenolic OH excluding ortho intramolecular Hbond substituents is 1.